The molecular formula is C21H21N9O6S3. The van der Waals surface area contributed by atoms with Gasteiger partial charge in [0.2, 0.25) is 11.6 Å². The van der Waals surface area contributed by atoms with Gasteiger partial charge in [0.05, 0.1) is 6.54 Å². The zero-order valence-corrected chi connectivity index (χ0v) is 22.5. The number of oxime groups is 1. The van der Waals surface area contributed by atoms with Crippen LogP contribution in [0.25, 0.3) is 0 Å². The first-order valence-corrected chi connectivity index (χ1v) is 14.0. The molecule has 2 aromatic heterocycles. The van der Waals surface area contributed by atoms with E-state index in [1.54, 1.807) is 6.08 Å². The van der Waals surface area contributed by atoms with Gasteiger partial charge in [0.15, 0.2) is 10.8 Å². The lowest BCUT2D eigenvalue weighted by atomic mass is 10.0. The van der Waals surface area contributed by atoms with E-state index >= 15 is 0 Å². The second-order valence-corrected chi connectivity index (χ2v) is 10.6. The highest BCUT2D eigenvalue weighted by atomic mass is 32.2. The minimum absolute atomic E-state index is 0.0164. The summed E-state index contributed by atoms with van der Waals surface area (Å²) in [6.45, 7) is 7.58. The molecule has 0 spiro atoms. The minimum Gasteiger partial charge on any atom is -0.477 e. The van der Waals surface area contributed by atoms with E-state index in [1.165, 1.54) is 44.6 Å². The van der Waals surface area contributed by atoms with Gasteiger partial charge in [0.25, 0.3) is 11.8 Å². The molecule has 1 unspecified atom stereocenters. The number of hydrogen-bond acceptors (Lipinski definition) is 13. The summed E-state index contributed by atoms with van der Waals surface area (Å²) in [5, 5.41) is 31.7. The third kappa shape index (κ3) is 6.02. The van der Waals surface area contributed by atoms with E-state index in [9.17, 15) is 24.3 Å². The van der Waals surface area contributed by atoms with Crippen molar-refractivity contribution < 1.29 is 29.1 Å². The number of aliphatic carboxylic acids is 1. The molecule has 3 amide bonds. The summed E-state index contributed by atoms with van der Waals surface area (Å²) in [6, 6.07) is -0.998. The largest absolute Gasteiger partial charge is 0.477 e. The number of fused-ring (bicyclic) bond motifs is 1. The van der Waals surface area contributed by atoms with Crippen LogP contribution in [0.1, 0.15) is 5.69 Å². The van der Waals surface area contributed by atoms with Crippen molar-refractivity contribution in [2.24, 2.45) is 5.16 Å². The lowest BCUT2D eigenvalue weighted by Crippen LogP contribution is -2.71. The average Bonchev–Trinajstić information content (AvgIpc) is 3.57. The number of thioether (sulfide) groups is 2. The molecule has 39 heavy (non-hydrogen) atoms. The van der Waals surface area contributed by atoms with Crippen LogP contribution in [0.5, 0.6) is 0 Å². The normalized spacial score (nSPS) is 18.6. The van der Waals surface area contributed by atoms with Crippen molar-refractivity contribution in [1.29, 1.82) is 0 Å². The number of tetrazole rings is 1. The van der Waals surface area contributed by atoms with Gasteiger partial charge in [-0.25, -0.2) is 14.5 Å². The first-order valence-electron chi connectivity index (χ1n) is 11.1. The monoisotopic (exact) mass is 591 g/mol. The lowest BCUT2D eigenvalue weighted by molar-refractivity contribution is -0.150. The molecule has 204 valence electrons. The van der Waals surface area contributed by atoms with Crippen LogP contribution < -0.4 is 10.6 Å². The number of nitrogens with one attached hydrogen (secondary N) is 2. The Morgan fingerprint density at radius 3 is 2.90 bits per heavy atom. The van der Waals surface area contributed by atoms with E-state index in [0.717, 1.165) is 11.3 Å². The molecule has 2 atom stereocenters. The number of amides is 3. The van der Waals surface area contributed by atoms with Crippen molar-refractivity contribution in [2.45, 2.75) is 23.1 Å². The van der Waals surface area contributed by atoms with Gasteiger partial charge in [-0.15, -0.1) is 34.8 Å². The van der Waals surface area contributed by atoms with Gasteiger partial charge in [0, 0.05) is 16.9 Å². The molecule has 1 saturated heterocycles. The highest BCUT2D eigenvalue weighted by Crippen LogP contribution is 2.41. The molecule has 4 heterocycles. The minimum atomic E-state index is -1.25. The summed E-state index contributed by atoms with van der Waals surface area (Å²) in [7, 11) is 0. The summed E-state index contributed by atoms with van der Waals surface area (Å²) in [4.78, 5) is 59.4. The molecule has 0 bridgehead atoms. The number of hydrogen-bond donors (Lipinski definition) is 3. The smallest absolute Gasteiger partial charge is 0.352 e. The van der Waals surface area contributed by atoms with Crippen molar-refractivity contribution >= 4 is 69.9 Å². The Bertz CT molecular complexity index is 1370. The Balaban J connectivity index is 1.49. The van der Waals surface area contributed by atoms with Crippen LogP contribution in [0.4, 0.5) is 5.13 Å². The fourth-order valence-electron chi connectivity index (χ4n) is 3.55. The lowest BCUT2D eigenvalue weighted by Gasteiger charge is -2.49. The number of β-lactam (4-membered cyclic amide) rings is 1. The van der Waals surface area contributed by atoms with Gasteiger partial charge < -0.3 is 20.6 Å². The molecule has 4 rings (SSSR count). The predicted octanol–water partition coefficient (Wildman–Crippen LogP) is 0.322. The first-order chi connectivity index (χ1) is 18.9. The number of carboxylic acids is 1. The first kappa shape index (κ1) is 28.0. The Labute approximate surface area is 233 Å². The van der Waals surface area contributed by atoms with Crippen LogP contribution in [0.2, 0.25) is 0 Å². The van der Waals surface area contributed by atoms with Crippen molar-refractivity contribution in [3.63, 3.8) is 0 Å². The maximum absolute atomic E-state index is 13.1. The molecule has 1 fully saturated rings. The zero-order chi connectivity index (χ0) is 27.9. The molecule has 18 heteroatoms. The highest BCUT2D eigenvalue weighted by Gasteiger charge is 2.54. The van der Waals surface area contributed by atoms with Crippen molar-refractivity contribution in [3.05, 3.63) is 47.7 Å². The maximum atomic E-state index is 13.1. The van der Waals surface area contributed by atoms with Crippen molar-refractivity contribution in [3.8, 4) is 0 Å². The molecular weight excluding hydrogens is 570 g/mol. The number of carboxylic acid groups (broad SMARTS) is 1. The standard InChI is InChI=1S/C21H21N9O6S3/c1-3-5-29-21(25-27-28-29)39-8-11-7-37-18-14(17(33)30(18)15(11)19(34)35)24-16(32)13(26-36-6-4-2)12-9-38-20(23-12)22-10-31/h3-4,9-10,14,18H,1-2,5-8H2,(H,24,32)(H,34,35)(H,22,23,31)/t14?,18-/m0/s1. The van der Waals surface area contributed by atoms with Gasteiger partial charge in [-0.1, -0.05) is 35.6 Å². The predicted molar refractivity (Wildman–Crippen MR) is 143 cm³/mol. The Hall–Kier alpha value is -4.03. The van der Waals surface area contributed by atoms with Crippen molar-refractivity contribution in [2.75, 3.05) is 23.4 Å². The van der Waals surface area contributed by atoms with Crippen LogP contribution >= 0.6 is 34.9 Å². The Kier molecular flexibility index (Phi) is 9.10. The number of carbonyl (C=O) groups is 4. The van der Waals surface area contributed by atoms with E-state index < -0.39 is 29.2 Å². The van der Waals surface area contributed by atoms with Crippen LogP contribution in [0.15, 0.2) is 52.3 Å². The van der Waals surface area contributed by atoms with E-state index in [0.29, 0.717) is 29.4 Å². The SMILES string of the molecule is C=CCON=C(C(=O)NC1C(=O)N2C(C(=O)O)=C(CSc3nnnn3CC=C)CS[C@@H]12)c1csc(NC=O)n1. The van der Waals surface area contributed by atoms with Gasteiger partial charge in [0.1, 0.15) is 29.4 Å². The second kappa shape index (κ2) is 12.7. The van der Waals surface area contributed by atoms with Crippen LogP contribution in [-0.2, 0) is 30.6 Å². The number of rotatable bonds is 14. The topological polar surface area (TPSA) is 194 Å². The van der Waals surface area contributed by atoms with Crippen LogP contribution in [-0.4, -0.2) is 94.6 Å². The zero-order valence-electron chi connectivity index (χ0n) is 20.1. The third-order valence-corrected chi connectivity index (χ3v) is 8.36. The van der Waals surface area contributed by atoms with Crippen LogP contribution in [0, 0.1) is 0 Å². The quantitative estimate of drug-likeness (QED) is 0.0519. The summed E-state index contributed by atoms with van der Waals surface area (Å²) >= 11 is 3.63. The van der Waals surface area contributed by atoms with Crippen molar-refractivity contribution in [1.82, 2.24) is 35.4 Å². The molecule has 0 radical (unpaired) electrons. The fourth-order valence-corrected chi connectivity index (χ4v) is 6.58. The third-order valence-electron chi connectivity index (χ3n) is 5.21. The maximum Gasteiger partial charge on any atom is 0.352 e. The number of allylic oxidation sites excluding steroid dienone is 1. The molecule has 2 aliphatic rings. The summed E-state index contributed by atoms with van der Waals surface area (Å²) in [5.74, 6) is -2.02. The molecule has 0 aromatic carbocycles. The molecule has 0 aliphatic carbocycles. The van der Waals surface area contributed by atoms with E-state index in [2.05, 4.69) is 49.5 Å². The van der Waals surface area contributed by atoms with Crippen LogP contribution in [0.3, 0.4) is 0 Å². The summed E-state index contributed by atoms with van der Waals surface area (Å²) < 4.78 is 1.52. The number of anilines is 1. The van der Waals surface area contributed by atoms with E-state index in [4.69, 9.17) is 4.84 Å². The average molecular weight is 592 g/mol. The van der Waals surface area contributed by atoms with Gasteiger partial charge in [-0.05, 0) is 16.0 Å². The highest BCUT2D eigenvalue weighted by molar-refractivity contribution is 8.01. The molecule has 2 aliphatic heterocycles. The van der Waals surface area contributed by atoms with Gasteiger partial charge >= 0.3 is 5.97 Å². The van der Waals surface area contributed by atoms with Gasteiger partial charge in [-0.2, -0.15) is 0 Å². The number of carbonyl (C=O) groups excluding carboxylic acids is 3. The summed E-state index contributed by atoms with van der Waals surface area (Å²) in [5.41, 5.74) is 0.298. The molecule has 3 N–H and O–H groups in total. The van der Waals surface area contributed by atoms with Gasteiger partial charge in [-0.3, -0.25) is 19.3 Å². The fraction of sp³-hybridized carbons (Fsp3) is 0.286. The number of thiazole rings is 1. The summed E-state index contributed by atoms with van der Waals surface area (Å²) in [6.07, 6.45) is 3.51. The van der Waals surface area contributed by atoms with E-state index in [1.807, 2.05) is 0 Å². The number of aromatic nitrogens is 5. The molecule has 2 aromatic rings. The Morgan fingerprint density at radius 1 is 1.36 bits per heavy atom. The second-order valence-electron chi connectivity index (χ2n) is 7.66. The molecule has 0 saturated carbocycles. The number of nitrogens with zero attached hydrogens (tertiary/aromatic N) is 7. The van der Waals surface area contributed by atoms with E-state index in [-0.39, 0.29) is 34.6 Å². The molecule has 15 nitrogen and oxygen atoms in total. The Morgan fingerprint density at radius 2 is 2.18 bits per heavy atom.